The van der Waals surface area contributed by atoms with E-state index in [9.17, 15) is 27.2 Å². The van der Waals surface area contributed by atoms with E-state index in [4.69, 9.17) is 0 Å². The number of ketones is 1. The van der Waals surface area contributed by atoms with Crippen LogP contribution in [0.1, 0.15) is 17.3 Å². The third kappa shape index (κ3) is 2.85. The quantitative estimate of drug-likeness (QED) is 0.275. The highest BCUT2D eigenvalue weighted by atomic mass is 19.2. The molecule has 0 aromatic heterocycles. The average molecular weight is 264 g/mol. The third-order valence-electron chi connectivity index (χ3n) is 2.00. The fourth-order valence-electron chi connectivity index (χ4n) is 1.17. The topological polar surface area (TPSA) is 43.4 Å². The van der Waals surface area contributed by atoms with Gasteiger partial charge in [-0.2, -0.15) is 0 Å². The predicted octanol–water partition coefficient (Wildman–Crippen LogP) is 2.19. The molecule has 18 heavy (non-hydrogen) atoms. The summed E-state index contributed by atoms with van der Waals surface area (Å²) in [6.07, 6.45) is -2.77. The summed E-state index contributed by atoms with van der Waals surface area (Å²) in [5.41, 5.74) is -1.05. The average Bonchev–Trinajstić information content (AvgIpc) is 2.32. The maximum Gasteiger partial charge on any atom is 0.349 e. The molecular weight excluding hydrogens is 256 g/mol. The molecule has 1 aromatic rings. The van der Waals surface area contributed by atoms with Crippen molar-refractivity contribution >= 4 is 11.8 Å². The van der Waals surface area contributed by atoms with E-state index in [0.717, 1.165) is 0 Å². The second-order valence-corrected chi connectivity index (χ2v) is 3.23. The van der Waals surface area contributed by atoms with Gasteiger partial charge in [-0.1, -0.05) is 0 Å². The number of alkyl halides is 1. The van der Waals surface area contributed by atoms with Gasteiger partial charge in [-0.25, -0.2) is 22.4 Å². The van der Waals surface area contributed by atoms with Gasteiger partial charge in [0.25, 0.3) is 6.17 Å². The number of ether oxygens (including phenoxy) is 1. The monoisotopic (exact) mass is 264 g/mol. The molecule has 0 aliphatic rings. The summed E-state index contributed by atoms with van der Waals surface area (Å²) >= 11 is 0. The van der Waals surface area contributed by atoms with Gasteiger partial charge in [0.1, 0.15) is 5.82 Å². The van der Waals surface area contributed by atoms with Gasteiger partial charge in [-0.15, -0.1) is 0 Å². The van der Waals surface area contributed by atoms with E-state index in [2.05, 4.69) is 4.74 Å². The summed E-state index contributed by atoms with van der Waals surface area (Å²) in [4.78, 5) is 22.3. The van der Waals surface area contributed by atoms with Crippen molar-refractivity contribution in [1.82, 2.24) is 0 Å². The minimum absolute atomic E-state index is 0.0977. The fourth-order valence-corrected chi connectivity index (χ4v) is 1.17. The zero-order valence-electron chi connectivity index (χ0n) is 9.18. The van der Waals surface area contributed by atoms with Crippen molar-refractivity contribution in [2.75, 3.05) is 6.61 Å². The summed E-state index contributed by atoms with van der Waals surface area (Å²) in [6.45, 7) is 1.21. The first-order chi connectivity index (χ1) is 8.38. The van der Waals surface area contributed by atoms with Crippen LogP contribution in [0.5, 0.6) is 0 Å². The Kier molecular flexibility index (Phi) is 4.41. The Morgan fingerprint density at radius 2 is 1.72 bits per heavy atom. The van der Waals surface area contributed by atoms with Crippen LogP contribution in [0.3, 0.4) is 0 Å². The van der Waals surface area contributed by atoms with Gasteiger partial charge < -0.3 is 4.74 Å². The highest BCUT2D eigenvalue weighted by Gasteiger charge is 2.31. The summed E-state index contributed by atoms with van der Waals surface area (Å²) in [5, 5.41) is 0. The van der Waals surface area contributed by atoms with Crippen molar-refractivity contribution < 1.29 is 31.9 Å². The van der Waals surface area contributed by atoms with Gasteiger partial charge in [0, 0.05) is 6.07 Å². The molecule has 7 heteroatoms. The number of hydrogen-bond donors (Lipinski definition) is 0. The first-order valence-electron chi connectivity index (χ1n) is 4.88. The number of halogens is 4. The van der Waals surface area contributed by atoms with Crippen molar-refractivity contribution in [3.05, 3.63) is 35.1 Å². The van der Waals surface area contributed by atoms with Crippen LogP contribution in [-0.4, -0.2) is 24.5 Å². The molecular formula is C11H8F4O3. The molecule has 0 spiro atoms. The molecule has 1 unspecified atom stereocenters. The van der Waals surface area contributed by atoms with Crippen LogP contribution in [0.25, 0.3) is 0 Å². The number of esters is 1. The Hall–Kier alpha value is -1.92. The molecule has 0 aliphatic carbocycles. The van der Waals surface area contributed by atoms with E-state index >= 15 is 0 Å². The minimum Gasteiger partial charge on any atom is -0.463 e. The van der Waals surface area contributed by atoms with Crippen LogP contribution in [-0.2, 0) is 9.53 Å². The number of rotatable bonds is 4. The molecule has 1 rings (SSSR count). The summed E-state index contributed by atoms with van der Waals surface area (Å²) in [5.74, 6) is -7.62. The van der Waals surface area contributed by atoms with Gasteiger partial charge in [0.05, 0.1) is 12.2 Å². The smallest absolute Gasteiger partial charge is 0.349 e. The first kappa shape index (κ1) is 14.1. The fraction of sp³-hybridized carbons (Fsp3) is 0.273. The van der Waals surface area contributed by atoms with Crippen LogP contribution >= 0.6 is 0 Å². The van der Waals surface area contributed by atoms with Crippen LogP contribution in [0, 0.1) is 17.5 Å². The molecule has 0 bridgehead atoms. The van der Waals surface area contributed by atoms with E-state index in [-0.39, 0.29) is 18.7 Å². The second kappa shape index (κ2) is 5.61. The molecule has 0 radical (unpaired) electrons. The van der Waals surface area contributed by atoms with Crippen LogP contribution in [0.4, 0.5) is 17.6 Å². The lowest BCUT2D eigenvalue weighted by molar-refractivity contribution is -0.147. The second-order valence-electron chi connectivity index (χ2n) is 3.23. The maximum absolute atomic E-state index is 13.3. The molecule has 0 fully saturated rings. The van der Waals surface area contributed by atoms with Crippen LogP contribution < -0.4 is 0 Å². The maximum atomic E-state index is 13.3. The van der Waals surface area contributed by atoms with Gasteiger partial charge >= 0.3 is 5.97 Å². The van der Waals surface area contributed by atoms with Gasteiger partial charge in [-0.3, -0.25) is 4.79 Å². The Labute approximate surface area is 99.4 Å². The highest BCUT2D eigenvalue weighted by molar-refractivity contribution is 6.11. The number of carbonyl (C=O) groups excluding carboxylic acids is 2. The minimum atomic E-state index is -2.77. The molecule has 0 heterocycles. The van der Waals surface area contributed by atoms with Crippen LogP contribution in [0.15, 0.2) is 12.1 Å². The summed E-state index contributed by atoms with van der Waals surface area (Å²) < 4.78 is 56.0. The Morgan fingerprint density at radius 3 is 2.28 bits per heavy atom. The number of benzene rings is 1. The molecule has 0 amide bonds. The van der Waals surface area contributed by atoms with Crippen molar-refractivity contribution in [3.8, 4) is 0 Å². The summed E-state index contributed by atoms with van der Waals surface area (Å²) in [7, 11) is 0. The molecule has 0 aliphatic heterocycles. The lowest BCUT2D eigenvalue weighted by Gasteiger charge is -2.07. The van der Waals surface area contributed by atoms with Crippen molar-refractivity contribution in [2.24, 2.45) is 0 Å². The van der Waals surface area contributed by atoms with Crippen molar-refractivity contribution in [2.45, 2.75) is 13.1 Å². The van der Waals surface area contributed by atoms with Crippen molar-refractivity contribution in [1.29, 1.82) is 0 Å². The Balaban J connectivity index is 3.04. The Bertz CT molecular complexity index is 487. The molecule has 0 saturated heterocycles. The normalized spacial score (nSPS) is 12.1. The van der Waals surface area contributed by atoms with E-state index < -0.39 is 40.9 Å². The van der Waals surface area contributed by atoms with Gasteiger partial charge in [0.2, 0.25) is 5.78 Å². The predicted molar refractivity (Wildman–Crippen MR) is 52.2 cm³/mol. The van der Waals surface area contributed by atoms with E-state index in [1.54, 1.807) is 0 Å². The van der Waals surface area contributed by atoms with E-state index in [1.807, 2.05) is 0 Å². The molecule has 3 nitrogen and oxygen atoms in total. The highest BCUT2D eigenvalue weighted by Crippen LogP contribution is 2.17. The lowest BCUT2D eigenvalue weighted by atomic mass is 10.1. The first-order valence-corrected chi connectivity index (χ1v) is 4.88. The van der Waals surface area contributed by atoms with E-state index in [1.165, 1.54) is 6.92 Å². The standard InChI is InChI=1S/C11H8F4O3/c1-2-18-11(17)9(15)10(16)5-3-7(13)8(14)4-6(5)12/h3-4,9H,2H2,1H3. The van der Waals surface area contributed by atoms with Gasteiger partial charge in [0.15, 0.2) is 11.6 Å². The molecule has 1 aromatic carbocycles. The number of carbonyl (C=O) groups is 2. The molecule has 1 atom stereocenters. The number of Topliss-reactive ketones (excluding diaryl/α,β-unsaturated/α-hetero) is 1. The largest absolute Gasteiger partial charge is 0.463 e. The molecule has 0 N–H and O–H groups in total. The Morgan fingerprint density at radius 1 is 1.17 bits per heavy atom. The van der Waals surface area contributed by atoms with Crippen molar-refractivity contribution in [3.63, 3.8) is 0 Å². The molecule has 98 valence electrons. The van der Waals surface area contributed by atoms with Gasteiger partial charge in [-0.05, 0) is 13.0 Å². The molecule has 0 saturated carbocycles. The zero-order valence-corrected chi connectivity index (χ0v) is 9.18. The third-order valence-corrected chi connectivity index (χ3v) is 2.00. The SMILES string of the molecule is CCOC(=O)C(F)C(=O)c1cc(F)c(F)cc1F. The summed E-state index contributed by atoms with van der Waals surface area (Å²) in [6, 6.07) is 0.291. The zero-order chi connectivity index (χ0) is 13.9. The van der Waals surface area contributed by atoms with Crippen LogP contribution in [0.2, 0.25) is 0 Å². The van der Waals surface area contributed by atoms with E-state index in [0.29, 0.717) is 0 Å². The lowest BCUT2D eigenvalue weighted by Crippen LogP contribution is -2.28. The number of hydrogen-bond acceptors (Lipinski definition) is 3.